The van der Waals surface area contributed by atoms with E-state index in [0.717, 1.165) is 17.3 Å². The van der Waals surface area contributed by atoms with E-state index in [2.05, 4.69) is 0 Å². The quantitative estimate of drug-likeness (QED) is 0.690. The van der Waals surface area contributed by atoms with Crippen LogP contribution in [0.15, 0.2) is 17.0 Å². The molecule has 1 aliphatic rings. The fourth-order valence-electron chi connectivity index (χ4n) is 1.33. The lowest BCUT2D eigenvalue weighted by Crippen LogP contribution is -1.91. The van der Waals surface area contributed by atoms with Crippen molar-refractivity contribution in [2.24, 2.45) is 0 Å². The Morgan fingerprint density at radius 2 is 2.31 bits per heavy atom. The zero-order chi connectivity index (χ0) is 9.42. The van der Waals surface area contributed by atoms with Crippen LogP contribution in [0, 0.1) is 5.82 Å². The highest BCUT2D eigenvalue weighted by molar-refractivity contribution is 8.14. The summed E-state index contributed by atoms with van der Waals surface area (Å²) in [6.45, 7) is 0. The Labute approximate surface area is 79.1 Å². The second-order valence-electron chi connectivity index (χ2n) is 2.72. The number of carbonyl (C=O) groups excluding carboxylic acids is 1. The molecule has 1 aromatic rings. The first-order valence-corrected chi connectivity index (χ1v) is 4.60. The number of thioether (sulfide) groups is 1. The second-order valence-corrected chi connectivity index (χ2v) is 3.79. The fraction of sp³-hybridized carbons (Fsp3) is 0.222. The van der Waals surface area contributed by atoms with Gasteiger partial charge in [-0.05, 0) is 23.4 Å². The summed E-state index contributed by atoms with van der Waals surface area (Å²) in [6.07, 6.45) is 0.372. The molecule has 0 radical (unpaired) electrons. The van der Waals surface area contributed by atoms with Gasteiger partial charge in [-0.1, -0.05) is 6.07 Å². The Balaban J connectivity index is 2.58. The van der Waals surface area contributed by atoms with Crippen LogP contribution in [0.4, 0.5) is 4.39 Å². The molecule has 68 valence electrons. The number of hydrogen-bond donors (Lipinski definition) is 0. The summed E-state index contributed by atoms with van der Waals surface area (Å²) in [5, 5.41) is 0.0406. The standard InChI is InChI=1S/C9H7FO2S/c1-12-8-6(10)3-2-5-4-7(11)13-9(5)8/h2-3H,4H2,1H3. The zero-order valence-electron chi connectivity index (χ0n) is 6.96. The summed E-state index contributed by atoms with van der Waals surface area (Å²) in [5.41, 5.74) is 0.855. The predicted molar refractivity (Wildman–Crippen MR) is 47.5 cm³/mol. The van der Waals surface area contributed by atoms with Gasteiger partial charge < -0.3 is 4.74 Å². The third kappa shape index (κ3) is 1.31. The second kappa shape index (κ2) is 3.03. The molecule has 1 aromatic carbocycles. The van der Waals surface area contributed by atoms with Crippen LogP contribution >= 0.6 is 11.8 Å². The lowest BCUT2D eigenvalue weighted by Gasteiger charge is -2.05. The maximum Gasteiger partial charge on any atom is 0.198 e. The van der Waals surface area contributed by atoms with Gasteiger partial charge in [0.25, 0.3) is 0 Å². The van der Waals surface area contributed by atoms with E-state index in [1.54, 1.807) is 6.07 Å². The third-order valence-electron chi connectivity index (χ3n) is 1.90. The number of benzene rings is 1. The molecule has 0 saturated heterocycles. The van der Waals surface area contributed by atoms with Gasteiger partial charge in [0.2, 0.25) is 0 Å². The van der Waals surface area contributed by atoms with Crippen LogP contribution in [-0.2, 0) is 11.2 Å². The Morgan fingerprint density at radius 3 is 3.00 bits per heavy atom. The highest BCUT2D eigenvalue weighted by atomic mass is 32.2. The fourth-order valence-corrected chi connectivity index (χ4v) is 2.33. The van der Waals surface area contributed by atoms with Gasteiger partial charge in [-0.25, -0.2) is 4.39 Å². The Kier molecular flexibility index (Phi) is 2.00. The van der Waals surface area contributed by atoms with Gasteiger partial charge in [-0.15, -0.1) is 0 Å². The molecule has 0 N–H and O–H groups in total. The molecule has 0 bridgehead atoms. The van der Waals surface area contributed by atoms with Gasteiger partial charge in [-0.3, -0.25) is 4.79 Å². The van der Waals surface area contributed by atoms with Crippen LogP contribution in [0.25, 0.3) is 0 Å². The molecule has 0 aromatic heterocycles. The van der Waals surface area contributed by atoms with Crippen LogP contribution in [0.3, 0.4) is 0 Å². The molecule has 0 aliphatic carbocycles. The van der Waals surface area contributed by atoms with Gasteiger partial charge in [0.05, 0.1) is 12.0 Å². The van der Waals surface area contributed by atoms with Crippen LogP contribution in [0.5, 0.6) is 5.75 Å². The van der Waals surface area contributed by atoms with Gasteiger partial charge >= 0.3 is 0 Å². The van der Waals surface area contributed by atoms with Crippen molar-refractivity contribution < 1.29 is 13.9 Å². The molecule has 0 atom stereocenters. The Hall–Kier alpha value is -1.03. The summed E-state index contributed by atoms with van der Waals surface area (Å²) < 4.78 is 18.0. The molecule has 2 nitrogen and oxygen atoms in total. The van der Waals surface area contributed by atoms with Crippen molar-refractivity contribution in [3.8, 4) is 5.75 Å². The molecule has 0 fully saturated rings. The van der Waals surface area contributed by atoms with E-state index in [1.165, 1.54) is 13.2 Å². The van der Waals surface area contributed by atoms with Gasteiger partial charge in [0.1, 0.15) is 0 Å². The first-order chi connectivity index (χ1) is 6.22. The number of carbonyl (C=O) groups is 1. The molecule has 1 heterocycles. The maximum atomic E-state index is 13.1. The number of halogens is 1. The molecular formula is C9H7FO2S. The lowest BCUT2D eigenvalue weighted by atomic mass is 10.1. The van der Waals surface area contributed by atoms with Gasteiger partial charge in [0, 0.05) is 6.42 Å². The van der Waals surface area contributed by atoms with Crippen molar-refractivity contribution in [3.63, 3.8) is 0 Å². The molecule has 0 spiro atoms. The summed E-state index contributed by atoms with van der Waals surface area (Å²) >= 11 is 1.05. The highest BCUT2D eigenvalue weighted by Crippen LogP contribution is 2.40. The summed E-state index contributed by atoms with van der Waals surface area (Å²) in [5.74, 6) is -0.225. The normalized spacial score (nSPS) is 14.5. The number of fused-ring (bicyclic) bond motifs is 1. The lowest BCUT2D eigenvalue weighted by molar-refractivity contribution is -0.110. The topological polar surface area (TPSA) is 26.3 Å². The predicted octanol–water partition coefficient (Wildman–Crippen LogP) is 2.01. The van der Waals surface area contributed by atoms with Crippen molar-refractivity contribution >= 4 is 16.9 Å². The van der Waals surface area contributed by atoms with Crippen LogP contribution < -0.4 is 4.74 Å². The smallest absolute Gasteiger partial charge is 0.198 e. The third-order valence-corrected chi connectivity index (χ3v) is 2.92. The van der Waals surface area contributed by atoms with E-state index in [-0.39, 0.29) is 10.9 Å². The van der Waals surface area contributed by atoms with E-state index in [1.807, 2.05) is 0 Å². The highest BCUT2D eigenvalue weighted by Gasteiger charge is 2.25. The minimum absolute atomic E-state index is 0.0406. The molecule has 0 amide bonds. The SMILES string of the molecule is COc1c(F)ccc2c1SC(=O)C2. The number of methoxy groups -OCH3 is 1. The summed E-state index contributed by atoms with van der Waals surface area (Å²) in [7, 11) is 1.40. The molecule has 0 unspecified atom stereocenters. The van der Waals surface area contributed by atoms with E-state index in [4.69, 9.17) is 4.74 Å². The van der Waals surface area contributed by atoms with E-state index in [0.29, 0.717) is 11.3 Å². The molecular weight excluding hydrogens is 191 g/mol. The number of rotatable bonds is 1. The minimum Gasteiger partial charge on any atom is -0.492 e. The van der Waals surface area contributed by atoms with E-state index in [9.17, 15) is 9.18 Å². The summed E-state index contributed by atoms with van der Waals surface area (Å²) in [4.78, 5) is 11.7. The van der Waals surface area contributed by atoms with Crippen LogP contribution in [0.1, 0.15) is 5.56 Å². The van der Waals surface area contributed by atoms with Crippen LogP contribution in [-0.4, -0.2) is 12.2 Å². The van der Waals surface area contributed by atoms with Gasteiger partial charge in [0.15, 0.2) is 16.7 Å². The molecule has 4 heteroatoms. The number of ether oxygens (including phenoxy) is 1. The van der Waals surface area contributed by atoms with Crippen molar-refractivity contribution in [2.45, 2.75) is 11.3 Å². The average Bonchev–Trinajstić information content (AvgIpc) is 2.45. The van der Waals surface area contributed by atoms with Crippen molar-refractivity contribution in [2.75, 3.05) is 7.11 Å². The molecule has 1 aliphatic heterocycles. The Bertz CT molecular complexity index is 376. The van der Waals surface area contributed by atoms with Gasteiger partial charge in [-0.2, -0.15) is 0 Å². The average molecular weight is 198 g/mol. The Morgan fingerprint density at radius 1 is 1.54 bits per heavy atom. The zero-order valence-corrected chi connectivity index (χ0v) is 7.78. The molecule has 2 rings (SSSR count). The van der Waals surface area contributed by atoms with Crippen LogP contribution in [0.2, 0.25) is 0 Å². The maximum absolute atomic E-state index is 13.1. The largest absolute Gasteiger partial charge is 0.492 e. The monoisotopic (exact) mass is 198 g/mol. The summed E-state index contributed by atoms with van der Waals surface area (Å²) in [6, 6.07) is 2.96. The number of hydrogen-bond acceptors (Lipinski definition) is 3. The van der Waals surface area contributed by atoms with E-state index < -0.39 is 5.82 Å². The van der Waals surface area contributed by atoms with Crippen molar-refractivity contribution in [1.29, 1.82) is 0 Å². The van der Waals surface area contributed by atoms with Crippen molar-refractivity contribution in [3.05, 3.63) is 23.5 Å². The van der Waals surface area contributed by atoms with Crippen molar-refractivity contribution in [1.82, 2.24) is 0 Å². The first-order valence-electron chi connectivity index (χ1n) is 3.78. The minimum atomic E-state index is -0.413. The first kappa shape index (κ1) is 8.56. The molecule has 13 heavy (non-hydrogen) atoms. The van der Waals surface area contributed by atoms with E-state index >= 15 is 0 Å². The molecule has 0 saturated carbocycles.